The van der Waals surface area contributed by atoms with Crippen LogP contribution in [0, 0.1) is 6.92 Å². The van der Waals surface area contributed by atoms with Gasteiger partial charge >= 0.3 is 0 Å². The van der Waals surface area contributed by atoms with Crippen LogP contribution in [0.2, 0.25) is 0 Å². The highest BCUT2D eigenvalue weighted by Crippen LogP contribution is 2.22. The van der Waals surface area contributed by atoms with Crippen molar-refractivity contribution in [1.82, 2.24) is 5.32 Å². The number of nitrogens with one attached hydrogen (secondary N) is 1. The number of nitrogens with zero attached hydrogens (tertiary/aromatic N) is 1. The third-order valence-corrected chi connectivity index (χ3v) is 3.94. The summed E-state index contributed by atoms with van der Waals surface area (Å²) in [6, 6.07) is 7.59. The van der Waals surface area contributed by atoms with Crippen molar-refractivity contribution < 1.29 is 4.74 Å². The van der Waals surface area contributed by atoms with Gasteiger partial charge in [-0.1, -0.05) is 6.07 Å². The van der Waals surface area contributed by atoms with Crippen LogP contribution in [0.25, 0.3) is 0 Å². The number of benzene rings is 1. The largest absolute Gasteiger partial charge is 0.380 e. The highest BCUT2D eigenvalue weighted by atomic mass is 16.5. The number of hydrogen-bond acceptors (Lipinski definition) is 3. The molecule has 0 aromatic heterocycles. The third-order valence-electron chi connectivity index (χ3n) is 3.94. The quantitative estimate of drug-likeness (QED) is 0.701. The molecule has 1 fully saturated rings. The average molecular weight is 276 g/mol. The van der Waals surface area contributed by atoms with Gasteiger partial charge in [0.2, 0.25) is 0 Å². The molecule has 0 spiro atoms. The van der Waals surface area contributed by atoms with Gasteiger partial charge in [0, 0.05) is 38.0 Å². The average Bonchev–Trinajstić information content (AvgIpc) is 3.26. The molecule has 1 N–H and O–H groups in total. The van der Waals surface area contributed by atoms with E-state index in [4.69, 9.17) is 4.74 Å². The number of ether oxygens (including phenoxy) is 1. The second-order valence-electron chi connectivity index (χ2n) is 5.54. The summed E-state index contributed by atoms with van der Waals surface area (Å²) >= 11 is 0. The number of likely N-dealkylation sites (N-methyl/N-ethyl adjacent to an activating group) is 1. The maximum Gasteiger partial charge on any atom is 0.0641 e. The zero-order valence-corrected chi connectivity index (χ0v) is 13.1. The second-order valence-corrected chi connectivity index (χ2v) is 5.54. The van der Waals surface area contributed by atoms with Crippen LogP contribution in [0.4, 0.5) is 5.69 Å². The number of aryl methyl sites for hydroxylation is 1. The summed E-state index contributed by atoms with van der Waals surface area (Å²) in [5.41, 5.74) is 4.10. The van der Waals surface area contributed by atoms with E-state index in [-0.39, 0.29) is 0 Å². The molecule has 1 aliphatic carbocycles. The van der Waals surface area contributed by atoms with E-state index in [0.29, 0.717) is 0 Å². The minimum absolute atomic E-state index is 0.771. The van der Waals surface area contributed by atoms with Crippen LogP contribution in [-0.4, -0.2) is 32.3 Å². The van der Waals surface area contributed by atoms with E-state index in [1.54, 1.807) is 0 Å². The van der Waals surface area contributed by atoms with E-state index >= 15 is 0 Å². The van der Waals surface area contributed by atoms with Crippen LogP contribution in [0.15, 0.2) is 18.2 Å². The van der Waals surface area contributed by atoms with Gasteiger partial charge in [0.15, 0.2) is 0 Å². The first-order valence-corrected chi connectivity index (χ1v) is 7.90. The van der Waals surface area contributed by atoms with E-state index in [9.17, 15) is 0 Å². The molecule has 3 nitrogen and oxygen atoms in total. The van der Waals surface area contributed by atoms with Crippen LogP contribution in [0.5, 0.6) is 0 Å². The van der Waals surface area contributed by atoms with Crippen molar-refractivity contribution in [3.8, 4) is 0 Å². The Balaban J connectivity index is 1.94. The molecule has 20 heavy (non-hydrogen) atoms. The van der Waals surface area contributed by atoms with Gasteiger partial charge in [0.1, 0.15) is 0 Å². The summed E-state index contributed by atoms with van der Waals surface area (Å²) < 4.78 is 5.46. The SMILES string of the molecule is CCOCCN(CC)c1ccc(CNC2CC2)c(C)c1. The fourth-order valence-corrected chi connectivity index (χ4v) is 2.41. The Morgan fingerprint density at radius 3 is 2.70 bits per heavy atom. The highest BCUT2D eigenvalue weighted by molar-refractivity contribution is 5.50. The van der Waals surface area contributed by atoms with Crippen molar-refractivity contribution >= 4 is 5.69 Å². The van der Waals surface area contributed by atoms with E-state index in [0.717, 1.165) is 38.9 Å². The van der Waals surface area contributed by atoms with E-state index in [1.807, 2.05) is 6.92 Å². The van der Waals surface area contributed by atoms with Gasteiger partial charge in [0.05, 0.1) is 6.61 Å². The molecule has 0 radical (unpaired) electrons. The Labute approximate surface area is 123 Å². The van der Waals surface area contributed by atoms with Crippen LogP contribution < -0.4 is 10.2 Å². The predicted molar refractivity (Wildman–Crippen MR) is 85.4 cm³/mol. The summed E-state index contributed by atoms with van der Waals surface area (Å²) in [4.78, 5) is 2.38. The Kier molecular flexibility index (Phi) is 5.86. The lowest BCUT2D eigenvalue weighted by molar-refractivity contribution is 0.154. The Bertz CT molecular complexity index is 415. The van der Waals surface area contributed by atoms with Crippen LogP contribution in [-0.2, 0) is 11.3 Å². The molecule has 2 rings (SSSR count). The summed E-state index contributed by atoms with van der Waals surface area (Å²) in [6.45, 7) is 11.0. The first-order chi connectivity index (χ1) is 9.74. The van der Waals surface area contributed by atoms with E-state index in [2.05, 4.69) is 42.3 Å². The maximum atomic E-state index is 5.46. The Morgan fingerprint density at radius 2 is 2.10 bits per heavy atom. The first kappa shape index (κ1) is 15.3. The fourth-order valence-electron chi connectivity index (χ4n) is 2.41. The Morgan fingerprint density at radius 1 is 1.30 bits per heavy atom. The second kappa shape index (κ2) is 7.65. The monoisotopic (exact) mass is 276 g/mol. The lowest BCUT2D eigenvalue weighted by Gasteiger charge is -2.24. The van der Waals surface area contributed by atoms with Crippen LogP contribution in [0.3, 0.4) is 0 Å². The smallest absolute Gasteiger partial charge is 0.0641 e. The van der Waals surface area contributed by atoms with Gasteiger partial charge < -0.3 is 15.0 Å². The van der Waals surface area contributed by atoms with Gasteiger partial charge in [-0.3, -0.25) is 0 Å². The third kappa shape index (κ3) is 4.50. The zero-order valence-electron chi connectivity index (χ0n) is 13.1. The molecule has 1 saturated carbocycles. The standard InChI is InChI=1S/C17H28N2O/c1-4-19(10-11-20-5-2)17-9-6-15(14(3)12-17)13-18-16-7-8-16/h6,9,12,16,18H,4-5,7-8,10-11,13H2,1-3H3. The molecule has 0 atom stereocenters. The van der Waals surface area contributed by atoms with Crippen molar-refractivity contribution in [1.29, 1.82) is 0 Å². The number of hydrogen-bond donors (Lipinski definition) is 1. The molecule has 0 saturated heterocycles. The molecular formula is C17H28N2O. The Hall–Kier alpha value is -1.06. The molecule has 0 heterocycles. The first-order valence-electron chi connectivity index (χ1n) is 7.90. The number of anilines is 1. The molecule has 112 valence electrons. The molecule has 0 unspecified atom stereocenters. The normalized spacial score (nSPS) is 14.6. The van der Waals surface area contributed by atoms with Crippen molar-refractivity contribution in [2.45, 2.75) is 46.2 Å². The molecule has 0 bridgehead atoms. The lowest BCUT2D eigenvalue weighted by atomic mass is 10.1. The van der Waals surface area contributed by atoms with Gasteiger partial charge in [-0.2, -0.15) is 0 Å². The molecule has 0 amide bonds. The summed E-state index contributed by atoms with van der Waals surface area (Å²) in [5.74, 6) is 0. The molecular weight excluding hydrogens is 248 g/mol. The molecule has 1 aliphatic rings. The summed E-state index contributed by atoms with van der Waals surface area (Å²) in [5, 5.41) is 3.58. The lowest BCUT2D eigenvalue weighted by Crippen LogP contribution is -2.27. The minimum Gasteiger partial charge on any atom is -0.380 e. The van der Waals surface area contributed by atoms with Gasteiger partial charge in [-0.05, 0) is 56.9 Å². The number of rotatable bonds is 9. The summed E-state index contributed by atoms with van der Waals surface area (Å²) in [6.07, 6.45) is 2.69. The molecule has 3 heteroatoms. The van der Waals surface area contributed by atoms with Gasteiger partial charge in [-0.25, -0.2) is 0 Å². The zero-order chi connectivity index (χ0) is 14.4. The van der Waals surface area contributed by atoms with Crippen molar-refractivity contribution in [3.63, 3.8) is 0 Å². The minimum atomic E-state index is 0.771. The molecule has 1 aromatic rings. The van der Waals surface area contributed by atoms with Gasteiger partial charge in [0.25, 0.3) is 0 Å². The van der Waals surface area contributed by atoms with Crippen molar-refractivity contribution in [2.75, 3.05) is 31.2 Å². The predicted octanol–water partition coefficient (Wildman–Crippen LogP) is 3.11. The topological polar surface area (TPSA) is 24.5 Å². The van der Waals surface area contributed by atoms with Crippen molar-refractivity contribution in [2.24, 2.45) is 0 Å². The highest BCUT2D eigenvalue weighted by Gasteiger charge is 2.20. The molecule has 0 aliphatic heterocycles. The molecule has 1 aromatic carbocycles. The fraction of sp³-hybridized carbons (Fsp3) is 0.647. The van der Waals surface area contributed by atoms with E-state index < -0.39 is 0 Å². The van der Waals surface area contributed by atoms with Crippen LogP contribution in [0.1, 0.15) is 37.8 Å². The van der Waals surface area contributed by atoms with Crippen LogP contribution >= 0.6 is 0 Å². The van der Waals surface area contributed by atoms with Gasteiger partial charge in [-0.15, -0.1) is 0 Å². The maximum absolute atomic E-state index is 5.46. The van der Waals surface area contributed by atoms with E-state index in [1.165, 1.54) is 29.7 Å². The summed E-state index contributed by atoms with van der Waals surface area (Å²) in [7, 11) is 0. The van der Waals surface area contributed by atoms with Crippen molar-refractivity contribution in [3.05, 3.63) is 29.3 Å².